The Bertz CT molecular complexity index is 673. The summed E-state index contributed by atoms with van der Waals surface area (Å²) < 4.78 is 32.6. The van der Waals surface area contributed by atoms with Crippen molar-refractivity contribution in [3.05, 3.63) is 22.7 Å². The molecule has 2 rings (SSSR count). The Morgan fingerprint density at radius 3 is 2.71 bits per heavy atom. The summed E-state index contributed by atoms with van der Waals surface area (Å²) in [5, 5.41) is 19.7. The third kappa shape index (κ3) is 3.57. The molecule has 1 aromatic heterocycles. The lowest BCUT2D eigenvalue weighted by atomic mass is 10.1. The Morgan fingerprint density at radius 1 is 1.48 bits per heavy atom. The van der Waals surface area contributed by atoms with Gasteiger partial charge >= 0.3 is 5.69 Å². The smallest absolute Gasteiger partial charge is 0.351 e. The van der Waals surface area contributed by atoms with E-state index in [2.05, 4.69) is 9.17 Å². The molecule has 21 heavy (non-hydrogen) atoms. The summed E-state index contributed by atoms with van der Waals surface area (Å²) in [6.45, 7) is -0.481. The maximum atomic E-state index is 11.7. The summed E-state index contributed by atoms with van der Waals surface area (Å²) in [5.74, 6) is 0.00115. The zero-order valence-electron chi connectivity index (χ0n) is 11.0. The van der Waals surface area contributed by atoms with Crippen LogP contribution in [0.4, 0.5) is 5.82 Å². The molecule has 1 aromatic rings. The molecule has 118 valence electrons. The van der Waals surface area contributed by atoms with Gasteiger partial charge in [-0.25, -0.2) is 4.79 Å². The van der Waals surface area contributed by atoms with Crippen LogP contribution in [-0.2, 0) is 19.0 Å². The quantitative estimate of drug-likeness (QED) is 0.507. The second-order valence-electron chi connectivity index (χ2n) is 4.58. The highest BCUT2D eigenvalue weighted by atomic mass is 32.2. The molecule has 0 spiro atoms. The number of ether oxygens (including phenoxy) is 1. The van der Waals surface area contributed by atoms with Gasteiger partial charge in [0.05, 0.1) is 12.9 Å². The minimum atomic E-state index is -3.72. The van der Waals surface area contributed by atoms with Crippen LogP contribution in [0, 0.1) is 0 Å². The number of anilines is 1. The number of aromatic nitrogens is 2. The standard InChI is InChI=1S/C10H15N3O7S/c1-21(17,18)19-4-5-7(14)8(15)9(20-5)13-3-2-6(11)12-10(13)16/h2-3,5,7-9,14-15H,4H2,1H3,(H2,11,12,16)/t5-,7-,8-,9-/m1/s1. The van der Waals surface area contributed by atoms with Gasteiger partial charge in [0.2, 0.25) is 0 Å². The zero-order valence-corrected chi connectivity index (χ0v) is 11.8. The fourth-order valence-corrected chi connectivity index (χ4v) is 2.29. The first kappa shape index (κ1) is 15.9. The lowest BCUT2D eigenvalue weighted by molar-refractivity contribution is -0.0507. The van der Waals surface area contributed by atoms with Crippen molar-refractivity contribution < 1.29 is 27.6 Å². The van der Waals surface area contributed by atoms with E-state index in [0.717, 1.165) is 10.8 Å². The van der Waals surface area contributed by atoms with Gasteiger partial charge < -0.3 is 20.7 Å². The third-order valence-corrected chi connectivity index (χ3v) is 3.47. The Hall–Kier alpha value is -1.53. The molecule has 0 radical (unpaired) electrons. The Morgan fingerprint density at radius 2 is 2.14 bits per heavy atom. The summed E-state index contributed by atoms with van der Waals surface area (Å²) in [4.78, 5) is 15.1. The van der Waals surface area contributed by atoms with Gasteiger partial charge in [-0.3, -0.25) is 8.75 Å². The van der Waals surface area contributed by atoms with Gasteiger partial charge in [-0.05, 0) is 6.07 Å². The second kappa shape index (κ2) is 5.69. The minimum Gasteiger partial charge on any atom is -0.387 e. The highest BCUT2D eigenvalue weighted by Crippen LogP contribution is 2.28. The first-order valence-corrected chi connectivity index (χ1v) is 7.71. The maximum absolute atomic E-state index is 11.7. The molecule has 4 atom stereocenters. The van der Waals surface area contributed by atoms with Crippen LogP contribution in [0.25, 0.3) is 0 Å². The molecule has 0 unspecified atom stereocenters. The molecule has 2 heterocycles. The van der Waals surface area contributed by atoms with E-state index in [4.69, 9.17) is 10.5 Å². The molecule has 0 amide bonds. The van der Waals surface area contributed by atoms with Crippen LogP contribution in [0.2, 0.25) is 0 Å². The Kier molecular flexibility index (Phi) is 4.30. The Labute approximate surface area is 119 Å². The van der Waals surface area contributed by atoms with Gasteiger partial charge in [-0.2, -0.15) is 13.4 Å². The molecule has 1 fully saturated rings. The maximum Gasteiger partial charge on any atom is 0.351 e. The zero-order chi connectivity index (χ0) is 15.8. The SMILES string of the molecule is CS(=O)(=O)OC[C@H]1O[C@@H](n2ccc(N)nc2=O)[C@H](O)[C@@H]1O. The van der Waals surface area contributed by atoms with Crippen LogP contribution >= 0.6 is 0 Å². The van der Waals surface area contributed by atoms with Crippen molar-refractivity contribution in [2.75, 3.05) is 18.6 Å². The summed E-state index contributed by atoms with van der Waals surface area (Å²) in [7, 11) is -3.72. The fraction of sp³-hybridized carbons (Fsp3) is 0.600. The molecular weight excluding hydrogens is 306 g/mol. The molecule has 0 bridgehead atoms. The molecule has 10 nitrogen and oxygen atoms in total. The number of nitrogen functional groups attached to an aromatic ring is 1. The first-order chi connectivity index (χ1) is 9.69. The van der Waals surface area contributed by atoms with Gasteiger partial charge in [0, 0.05) is 6.20 Å². The van der Waals surface area contributed by atoms with Crippen LogP contribution < -0.4 is 11.4 Å². The Balaban J connectivity index is 2.18. The van der Waals surface area contributed by atoms with E-state index in [-0.39, 0.29) is 5.82 Å². The number of aliphatic hydroxyl groups excluding tert-OH is 2. The molecule has 1 saturated heterocycles. The first-order valence-electron chi connectivity index (χ1n) is 5.89. The van der Waals surface area contributed by atoms with E-state index >= 15 is 0 Å². The van der Waals surface area contributed by atoms with E-state index in [9.17, 15) is 23.4 Å². The van der Waals surface area contributed by atoms with Crippen LogP contribution in [0.15, 0.2) is 17.1 Å². The molecule has 1 aliphatic heterocycles. The predicted octanol–water partition coefficient (Wildman–Crippen LogP) is -2.58. The van der Waals surface area contributed by atoms with E-state index in [1.807, 2.05) is 0 Å². The average molecular weight is 321 g/mol. The van der Waals surface area contributed by atoms with Crippen LogP contribution in [-0.4, -0.2) is 59.4 Å². The molecule has 1 aliphatic rings. The van der Waals surface area contributed by atoms with Gasteiger partial charge in [0.1, 0.15) is 24.1 Å². The van der Waals surface area contributed by atoms with Crippen molar-refractivity contribution in [3.63, 3.8) is 0 Å². The predicted molar refractivity (Wildman–Crippen MR) is 69.6 cm³/mol. The monoisotopic (exact) mass is 321 g/mol. The highest BCUT2D eigenvalue weighted by Gasteiger charge is 2.44. The number of nitrogens with zero attached hydrogens (tertiary/aromatic N) is 2. The van der Waals surface area contributed by atoms with Crippen LogP contribution in [0.5, 0.6) is 0 Å². The van der Waals surface area contributed by atoms with Crippen molar-refractivity contribution in [1.29, 1.82) is 0 Å². The number of rotatable bonds is 4. The van der Waals surface area contributed by atoms with Gasteiger partial charge in [0.15, 0.2) is 6.23 Å². The lowest BCUT2D eigenvalue weighted by Gasteiger charge is -2.16. The van der Waals surface area contributed by atoms with Gasteiger partial charge in [-0.15, -0.1) is 0 Å². The van der Waals surface area contributed by atoms with E-state index < -0.39 is 47.0 Å². The molecule has 11 heteroatoms. The number of nitrogens with two attached hydrogens (primary N) is 1. The fourth-order valence-electron chi connectivity index (χ4n) is 1.91. The highest BCUT2D eigenvalue weighted by molar-refractivity contribution is 7.85. The summed E-state index contributed by atoms with van der Waals surface area (Å²) in [6.07, 6.45) is -3.08. The van der Waals surface area contributed by atoms with E-state index in [0.29, 0.717) is 0 Å². The van der Waals surface area contributed by atoms with Crippen molar-refractivity contribution in [3.8, 4) is 0 Å². The number of aliphatic hydroxyl groups is 2. The van der Waals surface area contributed by atoms with E-state index in [1.54, 1.807) is 0 Å². The normalized spacial score (nSPS) is 29.7. The average Bonchev–Trinajstić information content (AvgIpc) is 2.64. The van der Waals surface area contributed by atoms with Crippen molar-refractivity contribution in [2.45, 2.75) is 24.5 Å². The summed E-state index contributed by atoms with van der Waals surface area (Å²) >= 11 is 0. The van der Waals surface area contributed by atoms with Crippen molar-refractivity contribution in [2.24, 2.45) is 0 Å². The van der Waals surface area contributed by atoms with Crippen LogP contribution in [0.3, 0.4) is 0 Å². The molecule has 4 N–H and O–H groups in total. The lowest BCUT2D eigenvalue weighted by Crippen LogP contribution is -2.36. The van der Waals surface area contributed by atoms with Gasteiger partial charge in [0.25, 0.3) is 10.1 Å². The minimum absolute atomic E-state index is 0.00115. The van der Waals surface area contributed by atoms with E-state index in [1.165, 1.54) is 12.3 Å². The number of hydrogen-bond donors (Lipinski definition) is 3. The third-order valence-electron chi connectivity index (χ3n) is 2.91. The molecule has 0 aromatic carbocycles. The van der Waals surface area contributed by atoms with Gasteiger partial charge in [-0.1, -0.05) is 0 Å². The number of hydrogen-bond acceptors (Lipinski definition) is 9. The molecule has 0 aliphatic carbocycles. The van der Waals surface area contributed by atoms with Crippen LogP contribution in [0.1, 0.15) is 6.23 Å². The topological polar surface area (TPSA) is 154 Å². The summed E-state index contributed by atoms with van der Waals surface area (Å²) in [5.41, 5.74) is 4.58. The van der Waals surface area contributed by atoms with Crippen molar-refractivity contribution >= 4 is 15.9 Å². The summed E-state index contributed by atoms with van der Waals surface area (Å²) in [6, 6.07) is 1.32. The largest absolute Gasteiger partial charge is 0.387 e. The second-order valence-corrected chi connectivity index (χ2v) is 6.22. The van der Waals surface area contributed by atoms with Crippen molar-refractivity contribution in [1.82, 2.24) is 9.55 Å². The molecular formula is C10H15N3O7S. The molecule has 0 saturated carbocycles.